The molecule has 0 saturated carbocycles. The molecule has 1 aromatic carbocycles. The Balaban J connectivity index is 0.984. The molecule has 1 unspecified atom stereocenters. The second kappa shape index (κ2) is 10.6. The minimum Gasteiger partial charge on any atom is -0.340 e. The fraction of sp³-hybridized carbons (Fsp3) is 0.419. The number of piperidine rings is 2. The zero-order chi connectivity index (χ0) is 27.1. The maximum atomic E-state index is 16.1. The van der Waals surface area contributed by atoms with Crippen LogP contribution < -0.4 is 0 Å². The lowest BCUT2D eigenvalue weighted by molar-refractivity contribution is -0.148. The number of amides is 1. The van der Waals surface area contributed by atoms with E-state index in [0.717, 1.165) is 48.5 Å². The highest BCUT2D eigenvalue weighted by Crippen LogP contribution is 2.39. The van der Waals surface area contributed by atoms with Gasteiger partial charge in [0.25, 0.3) is 5.91 Å². The molecule has 0 N–H and O–H groups in total. The highest BCUT2D eigenvalue weighted by Gasteiger charge is 2.45. The van der Waals surface area contributed by atoms with Gasteiger partial charge in [-0.15, -0.1) is 11.8 Å². The lowest BCUT2D eigenvalue weighted by Crippen LogP contribution is -2.54. The molecule has 3 aliphatic heterocycles. The van der Waals surface area contributed by atoms with Gasteiger partial charge in [-0.05, 0) is 55.2 Å². The monoisotopic (exact) mass is 556 g/mol. The van der Waals surface area contributed by atoms with Crippen molar-refractivity contribution in [2.24, 2.45) is 0 Å². The van der Waals surface area contributed by atoms with Crippen LogP contribution in [0.5, 0.6) is 0 Å². The summed E-state index contributed by atoms with van der Waals surface area (Å²) in [7, 11) is 0. The van der Waals surface area contributed by atoms with Gasteiger partial charge >= 0.3 is 0 Å². The van der Waals surface area contributed by atoms with E-state index in [1.807, 2.05) is 42.1 Å². The normalized spacial score (nSPS) is 21.5. The van der Waals surface area contributed by atoms with E-state index in [2.05, 4.69) is 43.7 Å². The summed E-state index contributed by atoms with van der Waals surface area (Å²) >= 11 is 1.93. The number of hydrogen-bond donors (Lipinski definition) is 0. The van der Waals surface area contributed by atoms with Crippen molar-refractivity contribution in [3.8, 4) is 11.5 Å². The number of halogens is 1. The standard InChI is InChI=1S/C31H33FN6OS/c32-31(12-18-36(19-13-31)21-24-20-22-6-1-2-9-27(22)40-24)30(39)37-16-10-23(11-17-37)38-28-26(8-5-15-34-28)35-29(38)25-7-3-4-14-33-25/h1-9,14-15,23-24H,10-13,16-21H2. The number of imidazole rings is 1. The summed E-state index contributed by atoms with van der Waals surface area (Å²) in [4.78, 5) is 32.9. The van der Waals surface area contributed by atoms with Crippen molar-refractivity contribution in [2.45, 2.75) is 54.0 Å². The van der Waals surface area contributed by atoms with Crippen LogP contribution in [-0.4, -0.2) is 78.9 Å². The Kier molecular flexibility index (Phi) is 6.79. The summed E-state index contributed by atoms with van der Waals surface area (Å²) in [6.45, 7) is 3.27. The molecule has 0 radical (unpaired) electrons. The average molecular weight is 557 g/mol. The average Bonchev–Trinajstić information content (AvgIpc) is 3.60. The first-order chi connectivity index (χ1) is 19.6. The summed E-state index contributed by atoms with van der Waals surface area (Å²) in [5, 5.41) is 0.504. The predicted octanol–water partition coefficient (Wildman–Crippen LogP) is 5.18. The lowest BCUT2D eigenvalue weighted by Gasteiger charge is -2.41. The first-order valence-corrected chi connectivity index (χ1v) is 15.1. The SMILES string of the molecule is O=C(N1CCC(n2c(-c3ccccn3)nc3cccnc32)CC1)C1(F)CCN(CC2Cc3ccccc3S2)CC1. The van der Waals surface area contributed by atoms with Crippen LogP contribution in [0.1, 0.15) is 37.3 Å². The van der Waals surface area contributed by atoms with Gasteiger partial charge in [-0.3, -0.25) is 9.78 Å². The molecule has 1 atom stereocenters. The van der Waals surface area contributed by atoms with E-state index >= 15 is 4.39 Å². The molecule has 2 fully saturated rings. The number of nitrogens with zero attached hydrogens (tertiary/aromatic N) is 6. The Labute approximate surface area is 237 Å². The Hall–Kier alpha value is -3.30. The van der Waals surface area contributed by atoms with Crippen molar-refractivity contribution in [2.75, 3.05) is 32.7 Å². The topological polar surface area (TPSA) is 67.2 Å². The van der Waals surface area contributed by atoms with Crippen LogP contribution in [0.3, 0.4) is 0 Å². The van der Waals surface area contributed by atoms with Gasteiger partial charge in [0.2, 0.25) is 0 Å². The van der Waals surface area contributed by atoms with Gasteiger partial charge in [0.15, 0.2) is 17.1 Å². The Morgan fingerprint density at radius 2 is 1.73 bits per heavy atom. The number of alkyl halides is 1. The number of pyridine rings is 2. The molecule has 0 aliphatic carbocycles. The largest absolute Gasteiger partial charge is 0.340 e. The smallest absolute Gasteiger partial charge is 0.260 e. The van der Waals surface area contributed by atoms with Gasteiger partial charge < -0.3 is 14.4 Å². The third-order valence-electron chi connectivity index (χ3n) is 8.67. The van der Waals surface area contributed by atoms with Crippen LogP contribution in [-0.2, 0) is 11.2 Å². The number of carbonyl (C=O) groups is 1. The summed E-state index contributed by atoms with van der Waals surface area (Å²) < 4.78 is 18.2. The highest BCUT2D eigenvalue weighted by molar-refractivity contribution is 8.00. The quantitative estimate of drug-likeness (QED) is 0.338. The Morgan fingerprint density at radius 3 is 2.50 bits per heavy atom. The number of hydrogen-bond acceptors (Lipinski definition) is 6. The number of carbonyl (C=O) groups excluding carboxylic acids is 1. The van der Waals surface area contributed by atoms with Gasteiger partial charge in [0.1, 0.15) is 11.2 Å². The van der Waals surface area contributed by atoms with Crippen LogP contribution >= 0.6 is 11.8 Å². The minimum atomic E-state index is -1.77. The molecule has 9 heteroatoms. The molecule has 2 saturated heterocycles. The predicted molar refractivity (Wildman–Crippen MR) is 155 cm³/mol. The molecular formula is C31H33FN6OS. The van der Waals surface area contributed by atoms with Gasteiger partial charge in [0.05, 0.1) is 0 Å². The molecular weight excluding hydrogens is 523 g/mol. The van der Waals surface area contributed by atoms with Crippen LogP contribution in [0, 0.1) is 0 Å². The number of thioether (sulfide) groups is 1. The van der Waals surface area contributed by atoms with Crippen LogP contribution in [0.4, 0.5) is 4.39 Å². The van der Waals surface area contributed by atoms with Gasteiger partial charge in [-0.2, -0.15) is 0 Å². The van der Waals surface area contributed by atoms with E-state index in [4.69, 9.17) is 4.98 Å². The van der Waals surface area contributed by atoms with Gasteiger partial charge in [0, 0.05) is 74.1 Å². The number of benzene rings is 1. The van der Waals surface area contributed by atoms with E-state index in [1.54, 1.807) is 17.3 Å². The summed E-state index contributed by atoms with van der Waals surface area (Å²) in [6.07, 6.45) is 6.63. The molecule has 3 aromatic heterocycles. The molecule has 3 aliphatic rings. The van der Waals surface area contributed by atoms with E-state index in [9.17, 15) is 4.79 Å². The van der Waals surface area contributed by atoms with E-state index < -0.39 is 5.67 Å². The van der Waals surface area contributed by atoms with Crippen LogP contribution in [0.15, 0.2) is 71.9 Å². The van der Waals surface area contributed by atoms with Crippen molar-refractivity contribution < 1.29 is 9.18 Å². The van der Waals surface area contributed by atoms with E-state index in [1.165, 1.54) is 10.5 Å². The van der Waals surface area contributed by atoms with Gasteiger partial charge in [-0.25, -0.2) is 14.4 Å². The summed E-state index contributed by atoms with van der Waals surface area (Å²) in [5.74, 6) is 0.462. The van der Waals surface area contributed by atoms with Crippen molar-refractivity contribution in [1.29, 1.82) is 0 Å². The molecule has 7 nitrogen and oxygen atoms in total. The zero-order valence-corrected chi connectivity index (χ0v) is 23.3. The highest BCUT2D eigenvalue weighted by atomic mass is 32.2. The summed E-state index contributed by atoms with van der Waals surface area (Å²) in [6, 6.07) is 18.4. The van der Waals surface area contributed by atoms with Crippen molar-refractivity contribution in [3.05, 3.63) is 72.6 Å². The fourth-order valence-electron chi connectivity index (χ4n) is 6.51. The van der Waals surface area contributed by atoms with Crippen molar-refractivity contribution in [1.82, 2.24) is 29.3 Å². The van der Waals surface area contributed by atoms with E-state index in [0.29, 0.717) is 31.4 Å². The maximum Gasteiger partial charge on any atom is 0.260 e. The number of aromatic nitrogens is 4. The second-order valence-electron chi connectivity index (χ2n) is 11.2. The molecule has 4 aromatic rings. The minimum absolute atomic E-state index is 0.117. The molecule has 0 bridgehead atoms. The first kappa shape index (κ1) is 25.7. The molecule has 0 spiro atoms. The number of likely N-dealkylation sites (tertiary alicyclic amines) is 2. The third-order valence-corrected chi connectivity index (χ3v) is 9.97. The molecule has 1 amide bonds. The fourth-order valence-corrected chi connectivity index (χ4v) is 7.88. The Morgan fingerprint density at radius 1 is 0.950 bits per heavy atom. The molecule has 206 valence electrons. The lowest BCUT2D eigenvalue weighted by atomic mass is 9.90. The number of fused-ring (bicyclic) bond motifs is 2. The first-order valence-electron chi connectivity index (χ1n) is 14.3. The van der Waals surface area contributed by atoms with Crippen LogP contribution in [0.2, 0.25) is 0 Å². The molecule has 40 heavy (non-hydrogen) atoms. The summed E-state index contributed by atoms with van der Waals surface area (Å²) in [5.41, 5.74) is 2.10. The van der Waals surface area contributed by atoms with Crippen LogP contribution in [0.25, 0.3) is 22.7 Å². The molecule has 7 rings (SSSR count). The second-order valence-corrected chi connectivity index (χ2v) is 12.5. The number of rotatable bonds is 5. The maximum absolute atomic E-state index is 16.1. The third kappa shape index (κ3) is 4.79. The van der Waals surface area contributed by atoms with E-state index in [-0.39, 0.29) is 24.8 Å². The zero-order valence-electron chi connectivity index (χ0n) is 22.5. The molecule has 6 heterocycles. The Bertz CT molecular complexity index is 1490. The van der Waals surface area contributed by atoms with Crippen molar-refractivity contribution in [3.63, 3.8) is 0 Å². The van der Waals surface area contributed by atoms with Crippen molar-refractivity contribution >= 4 is 28.8 Å². The van der Waals surface area contributed by atoms with Gasteiger partial charge in [-0.1, -0.05) is 24.3 Å².